The molecular formula is C17H25N7O2. The first kappa shape index (κ1) is 18.1. The van der Waals surface area contributed by atoms with Gasteiger partial charge in [0.25, 0.3) is 5.91 Å². The Morgan fingerprint density at radius 1 is 1.23 bits per heavy atom. The maximum atomic E-state index is 12.3. The molecule has 0 unspecified atom stereocenters. The molecule has 2 aromatic rings. The summed E-state index contributed by atoms with van der Waals surface area (Å²) >= 11 is 0. The molecule has 3 heterocycles. The predicted octanol–water partition coefficient (Wildman–Crippen LogP) is 0.505. The van der Waals surface area contributed by atoms with Gasteiger partial charge >= 0.3 is 0 Å². The van der Waals surface area contributed by atoms with Crippen molar-refractivity contribution in [1.82, 2.24) is 25.1 Å². The van der Waals surface area contributed by atoms with Crippen LogP contribution in [0, 0.1) is 13.8 Å². The highest BCUT2D eigenvalue weighted by Gasteiger charge is 2.16. The lowest BCUT2D eigenvalue weighted by atomic mass is 10.2. The standard InChI is InChI=1S/C17H25N7O2/c1-12-16(13(2)23(3)22-12)17(25)19-5-4-18-14-10-15(21-11-20-14)24-6-8-26-9-7-24/h10-11H,4-9H2,1-3H3,(H,19,25)(H,18,20,21). The molecule has 9 heteroatoms. The lowest BCUT2D eigenvalue weighted by Gasteiger charge is -2.27. The maximum Gasteiger partial charge on any atom is 0.255 e. The smallest absolute Gasteiger partial charge is 0.255 e. The molecule has 0 saturated carbocycles. The Morgan fingerprint density at radius 2 is 2.00 bits per heavy atom. The second kappa shape index (κ2) is 8.13. The molecule has 0 radical (unpaired) electrons. The van der Waals surface area contributed by atoms with E-state index in [1.165, 1.54) is 0 Å². The summed E-state index contributed by atoms with van der Waals surface area (Å²) in [6.07, 6.45) is 1.55. The normalized spacial score (nSPS) is 14.3. The molecule has 140 valence electrons. The molecule has 0 spiro atoms. The van der Waals surface area contributed by atoms with Gasteiger partial charge in [0.2, 0.25) is 0 Å². The molecule has 9 nitrogen and oxygen atoms in total. The summed E-state index contributed by atoms with van der Waals surface area (Å²) in [5, 5.41) is 10.4. The average Bonchev–Trinajstić information content (AvgIpc) is 2.91. The average molecular weight is 359 g/mol. The molecule has 0 aromatic carbocycles. The van der Waals surface area contributed by atoms with Crippen molar-refractivity contribution < 1.29 is 9.53 Å². The number of hydrogen-bond acceptors (Lipinski definition) is 7. The number of aryl methyl sites for hydroxylation is 2. The number of anilines is 2. The Kier molecular flexibility index (Phi) is 5.67. The number of carbonyl (C=O) groups is 1. The summed E-state index contributed by atoms with van der Waals surface area (Å²) in [6, 6.07) is 1.92. The molecule has 0 bridgehead atoms. The van der Waals surface area contributed by atoms with E-state index in [1.54, 1.807) is 11.0 Å². The minimum atomic E-state index is -0.105. The van der Waals surface area contributed by atoms with Crippen LogP contribution in [0.5, 0.6) is 0 Å². The molecular weight excluding hydrogens is 334 g/mol. The Hall–Kier alpha value is -2.68. The number of carbonyl (C=O) groups excluding carboxylic acids is 1. The topological polar surface area (TPSA) is 97.2 Å². The van der Waals surface area contributed by atoms with E-state index in [0.29, 0.717) is 31.9 Å². The highest BCUT2D eigenvalue weighted by Crippen LogP contribution is 2.15. The summed E-state index contributed by atoms with van der Waals surface area (Å²) in [6.45, 7) is 7.88. The third-order valence-corrected chi connectivity index (χ3v) is 4.44. The number of ether oxygens (including phenoxy) is 1. The molecule has 1 aliphatic heterocycles. The van der Waals surface area contributed by atoms with E-state index in [2.05, 4.69) is 30.6 Å². The molecule has 1 aliphatic rings. The second-order valence-corrected chi connectivity index (χ2v) is 6.21. The lowest BCUT2D eigenvalue weighted by molar-refractivity contribution is 0.0954. The lowest BCUT2D eigenvalue weighted by Crippen LogP contribution is -2.36. The number of rotatable bonds is 6. The molecule has 0 atom stereocenters. The molecule has 2 aromatic heterocycles. The SMILES string of the molecule is Cc1nn(C)c(C)c1C(=O)NCCNc1cc(N2CCOCC2)ncn1. The van der Waals surface area contributed by atoms with Crippen molar-refractivity contribution in [2.45, 2.75) is 13.8 Å². The van der Waals surface area contributed by atoms with Crippen molar-refractivity contribution in [3.63, 3.8) is 0 Å². The van der Waals surface area contributed by atoms with Gasteiger partial charge < -0.3 is 20.3 Å². The predicted molar refractivity (Wildman–Crippen MR) is 98.6 cm³/mol. The van der Waals surface area contributed by atoms with Crippen LogP contribution in [-0.2, 0) is 11.8 Å². The highest BCUT2D eigenvalue weighted by atomic mass is 16.5. The highest BCUT2D eigenvalue weighted by molar-refractivity contribution is 5.96. The van der Waals surface area contributed by atoms with E-state index in [4.69, 9.17) is 4.74 Å². The van der Waals surface area contributed by atoms with Crippen LogP contribution in [0.15, 0.2) is 12.4 Å². The Labute approximate surface area is 152 Å². The third-order valence-electron chi connectivity index (χ3n) is 4.44. The van der Waals surface area contributed by atoms with Crippen LogP contribution in [0.2, 0.25) is 0 Å². The van der Waals surface area contributed by atoms with Crippen molar-refractivity contribution >= 4 is 17.5 Å². The summed E-state index contributed by atoms with van der Waals surface area (Å²) in [4.78, 5) is 23.1. The van der Waals surface area contributed by atoms with Crippen molar-refractivity contribution in [1.29, 1.82) is 0 Å². The zero-order valence-electron chi connectivity index (χ0n) is 15.4. The van der Waals surface area contributed by atoms with E-state index in [9.17, 15) is 4.79 Å². The van der Waals surface area contributed by atoms with Crippen LogP contribution in [0.4, 0.5) is 11.6 Å². The Morgan fingerprint density at radius 3 is 2.69 bits per heavy atom. The minimum absolute atomic E-state index is 0.105. The fourth-order valence-electron chi connectivity index (χ4n) is 2.97. The van der Waals surface area contributed by atoms with Crippen LogP contribution in [0.1, 0.15) is 21.7 Å². The third kappa shape index (κ3) is 4.10. The zero-order valence-corrected chi connectivity index (χ0v) is 15.4. The number of amides is 1. The van der Waals surface area contributed by atoms with Gasteiger partial charge in [-0.1, -0.05) is 0 Å². The maximum absolute atomic E-state index is 12.3. The van der Waals surface area contributed by atoms with E-state index in [1.807, 2.05) is 27.0 Å². The number of nitrogens with one attached hydrogen (secondary N) is 2. The van der Waals surface area contributed by atoms with E-state index >= 15 is 0 Å². The monoisotopic (exact) mass is 359 g/mol. The van der Waals surface area contributed by atoms with Crippen LogP contribution >= 0.6 is 0 Å². The van der Waals surface area contributed by atoms with Gasteiger partial charge in [-0.3, -0.25) is 9.48 Å². The number of aromatic nitrogens is 4. The van der Waals surface area contributed by atoms with Gasteiger partial charge in [-0.15, -0.1) is 0 Å². The fraction of sp³-hybridized carbons (Fsp3) is 0.529. The second-order valence-electron chi connectivity index (χ2n) is 6.21. The van der Waals surface area contributed by atoms with Crippen LogP contribution in [0.3, 0.4) is 0 Å². The van der Waals surface area contributed by atoms with Crippen LogP contribution in [-0.4, -0.2) is 65.0 Å². The largest absolute Gasteiger partial charge is 0.378 e. The summed E-state index contributed by atoms with van der Waals surface area (Å²) in [5.41, 5.74) is 2.24. The summed E-state index contributed by atoms with van der Waals surface area (Å²) in [5.74, 6) is 1.52. The Balaban J connectivity index is 1.50. The first-order chi connectivity index (χ1) is 12.6. The van der Waals surface area contributed by atoms with Gasteiger partial charge in [0.05, 0.1) is 24.5 Å². The molecule has 1 fully saturated rings. The fourth-order valence-corrected chi connectivity index (χ4v) is 2.97. The van der Waals surface area contributed by atoms with Gasteiger partial charge in [-0.25, -0.2) is 9.97 Å². The number of morpholine rings is 1. The van der Waals surface area contributed by atoms with Crippen molar-refractivity contribution in [2.75, 3.05) is 49.6 Å². The van der Waals surface area contributed by atoms with Crippen LogP contribution < -0.4 is 15.5 Å². The molecule has 1 saturated heterocycles. The zero-order chi connectivity index (χ0) is 18.5. The van der Waals surface area contributed by atoms with Gasteiger partial charge in [0.1, 0.15) is 18.0 Å². The summed E-state index contributed by atoms with van der Waals surface area (Å²) < 4.78 is 7.08. The van der Waals surface area contributed by atoms with Gasteiger partial charge in [0, 0.05) is 45.0 Å². The summed E-state index contributed by atoms with van der Waals surface area (Å²) in [7, 11) is 1.84. The molecule has 0 aliphatic carbocycles. The molecule has 3 rings (SSSR count). The molecule has 1 amide bonds. The van der Waals surface area contributed by atoms with Gasteiger partial charge in [-0.2, -0.15) is 5.10 Å². The first-order valence-corrected chi connectivity index (χ1v) is 8.73. The van der Waals surface area contributed by atoms with Crippen LogP contribution in [0.25, 0.3) is 0 Å². The van der Waals surface area contributed by atoms with Gasteiger partial charge in [0.15, 0.2) is 0 Å². The Bertz CT molecular complexity index is 768. The quantitative estimate of drug-likeness (QED) is 0.725. The van der Waals surface area contributed by atoms with Crippen molar-refractivity contribution in [2.24, 2.45) is 7.05 Å². The first-order valence-electron chi connectivity index (χ1n) is 8.73. The number of hydrogen-bond donors (Lipinski definition) is 2. The molecule has 2 N–H and O–H groups in total. The van der Waals surface area contributed by atoms with Crippen molar-refractivity contribution in [3.05, 3.63) is 29.3 Å². The van der Waals surface area contributed by atoms with E-state index < -0.39 is 0 Å². The number of nitrogens with zero attached hydrogens (tertiary/aromatic N) is 5. The van der Waals surface area contributed by atoms with Gasteiger partial charge in [-0.05, 0) is 13.8 Å². The van der Waals surface area contributed by atoms with E-state index in [-0.39, 0.29) is 5.91 Å². The van der Waals surface area contributed by atoms with E-state index in [0.717, 1.165) is 36.1 Å². The molecule has 26 heavy (non-hydrogen) atoms. The van der Waals surface area contributed by atoms with Crippen molar-refractivity contribution in [3.8, 4) is 0 Å². The minimum Gasteiger partial charge on any atom is -0.378 e.